The lowest BCUT2D eigenvalue weighted by molar-refractivity contribution is 0.0261. The maximum atomic E-state index is 9.87. The van der Waals surface area contributed by atoms with Crippen molar-refractivity contribution in [2.75, 3.05) is 13.2 Å². The highest BCUT2D eigenvalue weighted by atomic mass is 16.7. The summed E-state index contributed by atoms with van der Waals surface area (Å²) in [4.78, 5) is 9.87. The van der Waals surface area contributed by atoms with Crippen LogP contribution in [0.5, 0.6) is 0 Å². The molecule has 0 fully saturated rings. The summed E-state index contributed by atoms with van der Waals surface area (Å²) in [6, 6.07) is 0. The molecule has 1 unspecified atom stereocenters. The van der Waals surface area contributed by atoms with Crippen LogP contribution in [0, 0.1) is 0 Å². The number of hydrogen-bond donors (Lipinski definition) is 0. The third-order valence-corrected chi connectivity index (χ3v) is 1.64. The summed E-state index contributed by atoms with van der Waals surface area (Å²) in [6.07, 6.45) is 1.29. The smallest absolute Gasteiger partial charge is 0.432 e. The van der Waals surface area contributed by atoms with Crippen LogP contribution < -0.4 is 0 Å². The van der Waals surface area contributed by atoms with Crippen LogP contribution in [0.4, 0.5) is 4.79 Å². The van der Waals surface area contributed by atoms with E-state index in [1.165, 1.54) is 0 Å². The molecule has 4 heteroatoms. The molecule has 0 saturated carbocycles. The van der Waals surface area contributed by atoms with Gasteiger partial charge < -0.3 is 9.47 Å². The van der Waals surface area contributed by atoms with E-state index in [2.05, 4.69) is 11.7 Å². The molecule has 13 heavy (non-hydrogen) atoms. The average Bonchev–Trinajstić information content (AvgIpc) is 2.04. The largest absolute Gasteiger partial charge is 0.549 e. The summed E-state index contributed by atoms with van der Waals surface area (Å²) in [6.45, 7) is 4.86. The summed E-state index contributed by atoms with van der Waals surface area (Å²) >= 11 is 0. The minimum atomic E-state index is -1.47. The minimum Gasteiger partial charge on any atom is -0.432 e. The first-order chi connectivity index (χ1) is 6.16. The first-order valence-corrected chi connectivity index (χ1v) is 4.62. The summed E-state index contributed by atoms with van der Waals surface area (Å²) < 4.78 is 9.62. The highest BCUT2D eigenvalue weighted by Gasteiger charge is 2.04. The standard InChI is InChI=1S/C9H17O4/c1-3-4-6-12-8(2)5-7-13-9(10)11/h8H,3-7H2,1-2H3. The average molecular weight is 189 g/mol. The normalized spacial score (nSPS) is 12.5. The van der Waals surface area contributed by atoms with Crippen molar-refractivity contribution < 1.29 is 19.4 Å². The molecule has 0 rings (SSSR count). The molecule has 77 valence electrons. The van der Waals surface area contributed by atoms with E-state index in [1.807, 2.05) is 6.92 Å². The molecule has 0 N–H and O–H groups in total. The molecule has 1 atom stereocenters. The maximum Gasteiger partial charge on any atom is 0.549 e. The van der Waals surface area contributed by atoms with Crippen LogP contribution in [-0.2, 0) is 14.6 Å². The quantitative estimate of drug-likeness (QED) is 0.455. The lowest BCUT2D eigenvalue weighted by Gasteiger charge is -2.11. The summed E-state index contributed by atoms with van der Waals surface area (Å²) in [5.41, 5.74) is 0. The third-order valence-electron chi connectivity index (χ3n) is 1.64. The van der Waals surface area contributed by atoms with Crippen molar-refractivity contribution >= 4 is 6.16 Å². The van der Waals surface area contributed by atoms with Gasteiger partial charge in [-0.1, -0.05) is 13.3 Å². The molecular formula is C9H17O4. The van der Waals surface area contributed by atoms with Gasteiger partial charge >= 0.3 is 6.16 Å². The van der Waals surface area contributed by atoms with E-state index in [0.717, 1.165) is 19.4 Å². The highest BCUT2D eigenvalue weighted by Crippen LogP contribution is 2.00. The molecule has 0 saturated heterocycles. The lowest BCUT2D eigenvalue weighted by atomic mass is 10.3. The fourth-order valence-corrected chi connectivity index (χ4v) is 0.820. The molecule has 0 aliphatic carbocycles. The Kier molecular flexibility index (Phi) is 7.39. The zero-order valence-corrected chi connectivity index (χ0v) is 8.25. The van der Waals surface area contributed by atoms with Crippen molar-refractivity contribution in [3.05, 3.63) is 0 Å². The molecule has 0 aromatic heterocycles. The van der Waals surface area contributed by atoms with Crippen molar-refractivity contribution in [1.29, 1.82) is 0 Å². The molecule has 0 aliphatic rings. The Bertz CT molecular complexity index is 136. The topological polar surface area (TPSA) is 55.4 Å². The molecule has 4 nitrogen and oxygen atoms in total. The van der Waals surface area contributed by atoms with Crippen LogP contribution in [0.2, 0.25) is 0 Å². The predicted molar refractivity (Wildman–Crippen MR) is 47.0 cm³/mol. The lowest BCUT2D eigenvalue weighted by Crippen LogP contribution is -2.13. The second kappa shape index (κ2) is 7.86. The Morgan fingerprint density at radius 1 is 1.38 bits per heavy atom. The van der Waals surface area contributed by atoms with Gasteiger partial charge in [0, 0.05) is 13.0 Å². The number of rotatable bonds is 7. The van der Waals surface area contributed by atoms with E-state index < -0.39 is 6.16 Å². The van der Waals surface area contributed by atoms with E-state index >= 15 is 0 Å². The molecule has 0 spiro atoms. The van der Waals surface area contributed by atoms with E-state index in [1.54, 1.807) is 0 Å². The van der Waals surface area contributed by atoms with Gasteiger partial charge in [-0.25, -0.2) is 0 Å². The molecule has 0 heterocycles. The molecule has 0 amide bonds. The number of ether oxygens (including phenoxy) is 2. The second-order valence-corrected chi connectivity index (χ2v) is 2.92. The van der Waals surface area contributed by atoms with E-state index in [0.29, 0.717) is 6.42 Å². The van der Waals surface area contributed by atoms with Crippen LogP contribution in [-0.4, -0.2) is 25.5 Å². The number of carbonyl (C=O) groups excluding carboxylic acids is 1. The van der Waals surface area contributed by atoms with Crippen LogP contribution >= 0.6 is 0 Å². The predicted octanol–water partition coefficient (Wildman–Crippen LogP) is 2.15. The SMILES string of the molecule is CCCCOC(C)CCOC([O])=O. The Labute approximate surface area is 78.8 Å². The molecule has 1 radical (unpaired) electrons. The van der Waals surface area contributed by atoms with Crippen LogP contribution in [0.3, 0.4) is 0 Å². The zero-order valence-electron chi connectivity index (χ0n) is 8.25. The van der Waals surface area contributed by atoms with Crippen LogP contribution in [0.25, 0.3) is 0 Å². The number of hydrogen-bond acceptors (Lipinski definition) is 3. The van der Waals surface area contributed by atoms with Gasteiger partial charge in [0.15, 0.2) is 0 Å². The van der Waals surface area contributed by atoms with Crippen LogP contribution in [0.15, 0.2) is 0 Å². The van der Waals surface area contributed by atoms with E-state index in [9.17, 15) is 9.90 Å². The Hall–Kier alpha value is -0.770. The van der Waals surface area contributed by atoms with Gasteiger partial charge in [-0.2, -0.15) is 9.90 Å². The van der Waals surface area contributed by atoms with Crippen LogP contribution in [0.1, 0.15) is 33.1 Å². The first kappa shape index (κ1) is 12.2. The Morgan fingerprint density at radius 2 is 2.08 bits per heavy atom. The number of carbonyl (C=O) groups is 1. The number of unbranched alkanes of at least 4 members (excludes halogenated alkanes) is 1. The second-order valence-electron chi connectivity index (χ2n) is 2.92. The summed E-state index contributed by atoms with van der Waals surface area (Å²) in [7, 11) is 0. The fourth-order valence-electron chi connectivity index (χ4n) is 0.820. The van der Waals surface area contributed by atoms with Crippen molar-refractivity contribution in [3.63, 3.8) is 0 Å². The van der Waals surface area contributed by atoms with Gasteiger partial charge in [-0.3, -0.25) is 0 Å². The van der Waals surface area contributed by atoms with Crippen molar-refractivity contribution in [1.82, 2.24) is 0 Å². The molecule has 0 aliphatic heterocycles. The molecule has 0 aromatic rings. The maximum absolute atomic E-state index is 9.87. The van der Waals surface area contributed by atoms with Gasteiger partial charge in [0.25, 0.3) is 0 Å². The Balaban J connectivity index is 3.19. The van der Waals surface area contributed by atoms with Crippen molar-refractivity contribution in [2.24, 2.45) is 0 Å². The summed E-state index contributed by atoms with van der Waals surface area (Å²) in [5, 5.41) is 9.87. The van der Waals surface area contributed by atoms with Crippen molar-refractivity contribution in [3.8, 4) is 0 Å². The van der Waals surface area contributed by atoms with E-state index in [4.69, 9.17) is 4.74 Å². The fraction of sp³-hybridized carbons (Fsp3) is 0.889. The van der Waals surface area contributed by atoms with Crippen molar-refractivity contribution in [2.45, 2.75) is 39.2 Å². The third kappa shape index (κ3) is 9.14. The minimum absolute atomic E-state index is 0.0471. The van der Waals surface area contributed by atoms with Gasteiger partial charge in [0.2, 0.25) is 0 Å². The highest BCUT2D eigenvalue weighted by molar-refractivity contribution is 5.56. The molecule has 0 bridgehead atoms. The summed E-state index contributed by atoms with van der Waals surface area (Å²) in [5.74, 6) is 0. The first-order valence-electron chi connectivity index (χ1n) is 4.62. The zero-order chi connectivity index (χ0) is 10.1. The van der Waals surface area contributed by atoms with Gasteiger partial charge in [-0.15, -0.1) is 0 Å². The Morgan fingerprint density at radius 3 is 2.62 bits per heavy atom. The van der Waals surface area contributed by atoms with E-state index in [-0.39, 0.29) is 12.7 Å². The van der Waals surface area contributed by atoms with Gasteiger partial charge in [-0.05, 0) is 13.3 Å². The monoisotopic (exact) mass is 189 g/mol. The molecular weight excluding hydrogens is 172 g/mol. The van der Waals surface area contributed by atoms with Gasteiger partial charge in [0.1, 0.15) is 0 Å². The molecule has 0 aromatic carbocycles. The van der Waals surface area contributed by atoms with Gasteiger partial charge in [0.05, 0.1) is 12.7 Å².